The first kappa shape index (κ1) is 15.4. The number of sulfonamides is 1. The Labute approximate surface area is 108 Å². The number of carboxylic acid groups (broad SMARTS) is 1. The van der Waals surface area contributed by atoms with E-state index in [0.29, 0.717) is 25.7 Å². The van der Waals surface area contributed by atoms with Gasteiger partial charge in [-0.25, -0.2) is 12.7 Å². The standard InChI is InChI=1S/C11H21NO5S/c1-12(9-10-4-6-17-7-5-10)18(15,16)8-2-3-11(13)14/h10H,2-9H2,1H3,(H,13,14). The van der Waals surface area contributed by atoms with Gasteiger partial charge in [0.1, 0.15) is 0 Å². The molecule has 0 aromatic rings. The molecule has 0 aromatic heterocycles. The van der Waals surface area contributed by atoms with Crippen LogP contribution in [0.3, 0.4) is 0 Å². The lowest BCUT2D eigenvalue weighted by Gasteiger charge is -2.26. The highest BCUT2D eigenvalue weighted by molar-refractivity contribution is 7.89. The van der Waals surface area contributed by atoms with Gasteiger partial charge in [-0.2, -0.15) is 0 Å². The summed E-state index contributed by atoms with van der Waals surface area (Å²) in [5.74, 6) is -0.714. The van der Waals surface area contributed by atoms with Gasteiger partial charge in [0.2, 0.25) is 10.0 Å². The molecule has 1 heterocycles. The summed E-state index contributed by atoms with van der Waals surface area (Å²) in [6.07, 6.45) is 1.82. The Morgan fingerprint density at radius 1 is 1.39 bits per heavy atom. The first-order valence-electron chi connectivity index (χ1n) is 6.15. The molecule has 0 unspecified atom stereocenters. The second-order valence-electron chi connectivity index (χ2n) is 4.65. The molecule has 0 saturated carbocycles. The highest BCUT2D eigenvalue weighted by atomic mass is 32.2. The van der Waals surface area contributed by atoms with Crippen molar-refractivity contribution in [1.82, 2.24) is 4.31 Å². The Morgan fingerprint density at radius 2 is 2.00 bits per heavy atom. The van der Waals surface area contributed by atoms with Crippen LogP contribution in [0.25, 0.3) is 0 Å². The van der Waals surface area contributed by atoms with Crippen LogP contribution in [0.2, 0.25) is 0 Å². The number of carboxylic acids is 1. The molecule has 1 aliphatic rings. The molecule has 6 nitrogen and oxygen atoms in total. The maximum Gasteiger partial charge on any atom is 0.303 e. The third-order valence-electron chi connectivity index (χ3n) is 3.12. The zero-order valence-electron chi connectivity index (χ0n) is 10.7. The van der Waals surface area contributed by atoms with E-state index >= 15 is 0 Å². The smallest absolute Gasteiger partial charge is 0.303 e. The Bertz CT molecular complexity index is 362. The van der Waals surface area contributed by atoms with Gasteiger partial charge in [0.25, 0.3) is 0 Å². The molecule has 1 N–H and O–H groups in total. The van der Waals surface area contributed by atoms with Gasteiger partial charge in [-0.15, -0.1) is 0 Å². The second-order valence-corrected chi connectivity index (χ2v) is 6.84. The van der Waals surface area contributed by atoms with E-state index in [2.05, 4.69) is 0 Å². The average molecular weight is 279 g/mol. The van der Waals surface area contributed by atoms with E-state index in [9.17, 15) is 13.2 Å². The number of rotatable bonds is 7. The van der Waals surface area contributed by atoms with Crippen LogP contribution in [0.4, 0.5) is 0 Å². The normalized spacial score (nSPS) is 18.1. The minimum absolute atomic E-state index is 0.0982. The molecule has 0 aromatic carbocycles. The molecule has 106 valence electrons. The second kappa shape index (κ2) is 7.06. The van der Waals surface area contributed by atoms with E-state index in [1.165, 1.54) is 4.31 Å². The lowest BCUT2D eigenvalue weighted by atomic mass is 10.0. The lowest BCUT2D eigenvalue weighted by Crippen LogP contribution is -2.35. The third kappa shape index (κ3) is 5.32. The van der Waals surface area contributed by atoms with Crippen molar-refractivity contribution in [3.05, 3.63) is 0 Å². The van der Waals surface area contributed by atoms with Gasteiger partial charge in [0.15, 0.2) is 0 Å². The molecule has 0 atom stereocenters. The highest BCUT2D eigenvalue weighted by Crippen LogP contribution is 2.17. The molecule has 0 radical (unpaired) electrons. The molecule has 0 bridgehead atoms. The topological polar surface area (TPSA) is 83.9 Å². The molecule has 1 saturated heterocycles. The maximum atomic E-state index is 11.9. The van der Waals surface area contributed by atoms with Crippen LogP contribution in [0, 0.1) is 5.92 Å². The van der Waals surface area contributed by atoms with E-state index < -0.39 is 16.0 Å². The molecule has 18 heavy (non-hydrogen) atoms. The third-order valence-corrected chi connectivity index (χ3v) is 5.03. The van der Waals surface area contributed by atoms with Crippen LogP contribution >= 0.6 is 0 Å². The Balaban J connectivity index is 2.37. The minimum Gasteiger partial charge on any atom is -0.481 e. The van der Waals surface area contributed by atoms with Crippen molar-refractivity contribution in [2.75, 3.05) is 32.6 Å². The quantitative estimate of drug-likeness (QED) is 0.735. The van der Waals surface area contributed by atoms with Gasteiger partial charge in [-0.05, 0) is 25.2 Å². The summed E-state index contributed by atoms with van der Waals surface area (Å²) >= 11 is 0. The molecule has 0 aliphatic carbocycles. The number of aliphatic carboxylic acids is 1. The van der Waals surface area contributed by atoms with E-state index in [1.807, 2.05) is 0 Å². The fourth-order valence-corrected chi connectivity index (χ4v) is 3.23. The number of hydrogen-bond acceptors (Lipinski definition) is 4. The van der Waals surface area contributed by atoms with Crippen molar-refractivity contribution in [2.45, 2.75) is 25.7 Å². The van der Waals surface area contributed by atoms with Gasteiger partial charge in [-0.1, -0.05) is 0 Å². The van der Waals surface area contributed by atoms with Gasteiger partial charge >= 0.3 is 5.97 Å². The van der Waals surface area contributed by atoms with Crippen molar-refractivity contribution in [2.24, 2.45) is 5.92 Å². The summed E-state index contributed by atoms with van der Waals surface area (Å²) in [5, 5.41) is 8.49. The summed E-state index contributed by atoms with van der Waals surface area (Å²) in [7, 11) is -1.77. The van der Waals surface area contributed by atoms with Crippen molar-refractivity contribution >= 4 is 16.0 Å². The number of hydrogen-bond donors (Lipinski definition) is 1. The molecule has 0 spiro atoms. The molecular formula is C11H21NO5S. The van der Waals surface area contributed by atoms with E-state index in [-0.39, 0.29) is 18.6 Å². The Morgan fingerprint density at radius 3 is 2.56 bits per heavy atom. The van der Waals surface area contributed by atoms with Crippen LogP contribution in [-0.4, -0.2) is 56.4 Å². The SMILES string of the molecule is CN(CC1CCOCC1)S(=O)(=O)CCCC(=O)O. The predicted octanol–water partition coefficient (Wildman–Crippen LogP) is 0.539. The molecule has 1 aliphatic heterocycles. The molecular weight excluding hydrogens is 258 g/mol. The first-order valence-corrected chi connectivity index (χ1v) is 7.76. The largest absolute Gasteiger partial charge is 0.481 e. The van der Waals surface area contributed by atoms with E-state index in [1.54, 1.807) is 7.05 Å². The zero-order chi connectivity index (χ0) is 13.6. The molecule has 0 amide bonds. The van der Waals surface area contributed by atoms with E-state index in [4.69, 9.17) is 9.84 Å². The van der Waals surface area contributed by atoms with Crippen LogP contribution < -0.4 is 0 Å². The van der Waals surface area contributed by atoms with Crippen molar-refractivity contribution in [3.8, 4) is 0 Å². The first-order chi connectivity index (χ1) is 8.42. The monoisotopic (exact) mass is 279 g/mol. The average Bonchev–Trinajstić information content (AvgIpc) is 2.29. The fraction of sp³-hybridized carbons (Fsp3) is 0.909. The lowest BCUT2D eigenvalue weighted by molar-refractivity contribution is -0.137. The van der Waals surface area contributed by atoms with Crippen molar-refractivity contribution < 1.29 is 23.1 Å². The van der Waals surface area contributed by atoms with Crippen LogP contribution in [0.15, 0.2) is 0 Å². The van der Waals surface area contributed by atoms with E-state index in [0.717, 1.165) is 12.8 Å². The fourth-order valence-electron chi connectivity index (χ4n) is 1.97. The molecule has 1 rings (SSSR count). The number of carbonyl (C=O) groups is 1. The molecule has 1 fully saturated rings. The minimum atomic E-state index is -3.33. The summed E-state index contributed by atoms with van der Waals surface area (Å²) in [6.45, 7) is 1.88. The van der Waals surface area contributed by atoms with Gasteiger partial charge in [0.05, 0.1) is 5.75 Å². The summed E-state index contributed by atoms with van der Waals surface area (Å²) < 4.78 is 30.4. The summed E-state index contributed by atoms with van der Waals surface area (Å²) in [6, 6.07) is 0. The van der Waals surface area contributed by atoms with Gasteiger partial charge in [-0.3, -0.25) is 4.79 Å². The number of ether oxygens (including phenoxy) is 1. The Kier molecular flexibility index (Phi) is 6.04. The van der Waals surface area contributed by atoms with Gasteiger partial charge < -0.3 is 9.84 Å². The zero-order valence-corrected chi connectivity index (χ0v) is 11.5. The Hall–Kier alpha value is -0.660. The van der Waals surface area contributed by atoms with Crippen LogP contribution in [-0.2, 0) is 19.6 Å². The number of nitrogens with zero attached hydrogens (tertiary/aromatic N) is 1. The predicted molar refractivity (Wildman–Crippen MR) is 66.8 cm³/mol. The van der Waals surface area contributed by atoms with Crippen LogP contribution in [0.5, 0.6) is 0 Å². The summed E-state index contributed by atoms with van der Waals surface area (Å²) in [5.41, 5.74) is 0. The van der Waals surface area contributed by atoms with Crippen LogP contribution in [0.1, 0.15) is 25.7 Å². The van der Waals surface area contributed by atoms with Crippen molar-refractivity contribution in [3.63, 3.8) is 0 Å². The highest BCUT2D eigenvalue weighted by Gasteiger charge is 2.23. The summed E-state index contributed by atoms with van der Waals surface area (Å²) in [4.78, 5) is 10.3. The maximum absolute atomic E-state index is 11.9. The van der Waals surface area contributed by atoms with Crippen molar-refractivity contribution in [1.29, 1.82) is 0 Å². The van der Waals surface area contributed by atoms with Gasteiger partial charge in [0, 0.05) is 33.2 Å². The molecule has 7 heteroatoms.